The average Bonchev–Trinajstić information content (AvgIpc) is 3.41. The molecule has 206 valence electrons. The molecule has 2 heterocycles. The predicted molar refractivity (Wildman–Crippen MR) is 145 cm³/mol. The summed E-state index contributed by atoms with van der Waals surface area (Å²) < 4.78 is 28.3. The molecule has 0 bridgehead atoms. The lowest BCUT2D eigenvalue weighted by Crippen LogP contribution is -2.55. The molecule has 0 radical (unpaired) electrons. The molecule has 6 nitrogen and oxygen atoms in total. The lowest BCUT2D eigenvalue weighted by Gasteiger charge is -2.35. The Bertz CT molecular complexity index is 1140. The number of carbonyl (C=O) groups excluding carboxylic acids is 2. The van der Waals surface area contributed by atoms with Crippen LogP contribution in [0.5, 0.6) is 0 Å². The van der Waals surface area contributed by atoms with Gasteiger partial charge in [0, 0.05) is 37.0 Å². The minimum absolute atomic E-state index is 0.0000588. The highest BCUT2D eigenvalue weighted by atomic mass is 19.3. The van der Waals surface area contributed by atoms with Gasteiger partial charge in [0.25, 0.3) is 5.92 Å². The second kappa shape index (κ2) is 11.9. The summed E-state index contributed by atoms with van der Waals surface area (Å²) in [6.45, 7) is 5.03. The summed E-state index contributed by atoms with van der Waals surface area (Å²) in [7, 11) is 1.73. The lowest BCUT2D eigenvalue weighted by molar-refractivity contribution is -0.139. The van der Waals surface area contributed by atoms with Gasteiger partial charge >= 0.3 is 0 Å². The van der Waals surface area contributed by atoms with Gasteiger partial charge in [0.2, 0.25) is 11.8 Å². The second-order valence-corrected chi connectivity index (χ2v) is 11.0. The first-order valence-electron chi connectivity index (χ1n) is 13.8. The Labute approximate surface area is 224 Å². The van der Waals surface area contributed by atoms with Crippen molar-refractivity contribution >= 4 is 11.8 Å². The van der Waals surface area contributed by atoms with Crippen LogP contribution in [0.2, 0.25) is 0 Å². The third kappa shape index (κ3) is 6.06. The van der Waals surface area contributed by atoms with E-state index in [9.17, 15) is 18.4 Å². The molecule has 2 aromatic rings. The SMILES string of the molecule is CNC(C)C(=O)NC(C(=O)N1CCCC1c1cncc(-c2cccc(C(C)(F)F)c2C)c1)C1CCCCC1. The van der Waals surface area contributed by atoms with Gasteiger partial charge in [-0.25, -0.2) is 8.78 Å². The number of rotatable bonds is 8. The second-order valence-electron chi connectivity index (χ2n) is 11.0. The van der Waals surface area contributed by atoms with Crippen LogP contribution in [0.1, 0.15) is 81.5 Å². The van der Waals surface area contributed by atoms with Crippen LogP contribution >= 0.6 is 0 Å². The van der Waals surface area contributed by atoms with Crippen LogP contribution in [0, 0.1) is 12.8 Å². The van der Waals surface area contributed by atoms with Gasteiger partial charge in [-0.2, -0.15) is 0 Å². The van der Waals surface area contributed by atoms with Crippen molar-refractivity contribution in [3.05, 3.63) is 53.3 Å². The Morgan fingerprint density at radius 3 is 2.53 bits per heavy atom. The van der Waals surface area contributed by atoms with Crippen molar-refractivity contribution in [1.29, 1.82) is 0 Å². The zero-order valence-electron chi connectivity index (χ0n) is 22.9. The Morgan fingerprint density at radius 1 is 1.11 bits per heavy atom. The molecule has 8 heteroatoms. The number of amides is 2. The van der Waals surface area contributed by atoms with E-state index in [2.05, 4.69) is 15.6 Å². The maximum atomic E-state index is 14.2. The van der Waals surface area contributed by atoms with Crippen molar-refractivity contribution in [2.75, 3.05) is 13.6 Å². The zero-order valence-corrected chi connectivity index (χ0v) is 22.9. The number of nitrogens with zero attached hydrogens (tertiary/aromatic N) is 2. The highest BCUT2D eigenvalue weighted by molar-refractivity contribution is 5.90. The third-order valence-corrected chi connectivity index (χ3v) is 8.31. The Hall–Kier alpha value is -2.87. The molecule has 2 N–H and O–H groups in total. The highest BCUT2D eigenvalue weighted by Crippen LogP contribution is 2.38. The van der Waals surface area contributed by atoms with E-state index in [1.807, 2.05) is 17.0 Å². The zero-order chi connectivity index (χ0) is 27.4. The van der Waals surface area contributed by atoms with Gasteiger partial charge in [0.15, 0.2) is 0 Å². The van der Waals surface area contributed by atoms with Crippen molar-refractivity contribution in [2.24, 2.45) is 5.92 Å². The number of hydrogen-bond donors (Lipinski definition) is 2. The number of pyridine rings is 1. The molecule has 38 heavy (non-hydrogen) atoms. The number of hydrogen-bond acceptors (Lipinski definition) is 4. The summed E-state index contributed by atoms with van der Waals surface area (Å²) in [5, 5.41) is 6.04. The highest BCUT2D eigenvalue weighted by Gasteiger charge is 2.39. The van der Waals surface area contributed by atoms with Crippen LogP contribution in [0.4, 0.5) is 8.78 Å². The monoisotopic (exact) mass is 526 g/mol. The van der Waals surface area contributed by atoms with Crippen molar-refractivity contribution in [3.8, 4) is 11.1 Å². The fraction of sp³-hybridized carbons (Fsp3) is 0.567. The summed E-state index contributed by atoms with van der Waals surface area (Å²) in [5.41, 5.74) is 2.88. The molecule has 1 aliphatic heterocycles. The van der Waals surface area contributed by atoms with E-state index in [0.29, 0.717) is 17.7 Å². The molecule has 2 aliphatic rings. The number of aromatic nitrogens is 1. The van der Waals surface area contributed by atoms with Gasteiger partial charge in [0.05, 0.1) is 12.1 Å². The predicted octanol–water partition coefficient (Wildman–Crippen LogP) is 5.51. The van der Waals surface area contributed by atoms with Crippen molar-refractivity contribution < 1.29 is 18.4 Å². The van der Waals surface area contributed by atoms with Gasteiger partial charge < -0.3 is 15.5 Å². The molecule has 2 fully saturated rings. The van der Waals surface area contributed by atoms with Gasteiger partial charge in [-0.15, -0.1) is 0 Å². The molecular weight excluding hydrogens is 486 g/mol. The number of likely N-dealkylation sites (N-methyl/N-ethyl adjacent to an activating group) is 1. The number of halogens is 2. The van der Waals surface area contributed by atoms with Gasteiger partial charge in [-0.05, 0) is 75.3 Å². The summed E-state index contributed by atoms with van der Waals surface area (Å²) in [6.07, 6.45) is 10.3. The van der Waals surface area contributed by atoms with Crippen LogP contribution in [0.15, 0.2) is 36.7 Å². The Kier molecular flexibility index (Phi) is 8.81. The summed E-state index contributed by atoms with van der Waals surface area (Å²) in [4.78, 5) is 33.2. The fourth-order valence-electron chi connectivity index (χ4n) is 6.02. The average molecular weight is 527 g/mol. The number of likely N-dealkylation sites (tertiary alicyclic amines) is 1. The minimum Gasteiger partial charge on any atom is -0.343 e. The Morgan fingerprint density at radius 2 is 1.84 bits per heavy atom. The first-order chi connectivity index (χ1) is 18.1. The van der Waals surface area contributed by atoms with E-state index >= 15 is 0 Å². The lowest BCUT2D eigenvalue weighted by atomic mass is 9.83. The van der Waals surface area contributed by atoms with E-state index < -0.39 is 18.0 Å². The molecule has 1 aliphatic carbocycles. The first-order valence-corrected chi connectivity index (χ1v) is 13.8. The van der Waals surface area contributed by atoms with Crippen LogP contribution in [0.3, 0.4) is 0 Å². The molecule has 0 spiro atoms. The van der Waals surface area contributed by atoms with Crippen molar-refractivity contribution in [2.45, 2.75) is 89.8 Å². The normalized spacial score (nSPS) is 20.3. The van der Waals surface area contributed by atoms with E-state index in [1.165, 1.54) is 6.07 Å². The van der Waals surface area contributed by atoms with Crippen LogP contribution in [-0.4, -0.2) is 47.4 Å². The van der Waals surface area contributed by atoms with Crippen molar-refractivity contribution in [3.63, 3.8) is 0 Å². The molecule has 3 atom stereocenters. The molecule has 1 aromatic heterocycles. The number of alkyl halides is 2. The van der Waals surface area contributed by atoms with E-state index in [1.54, 1.807) is 39.4 Å². The fourth-order valence-corrected chi connectivity index (χ4v) is 6.02. The maximum absolute atomic E-state index is 14.2. The molecule has 2 amide bonds. The minimum atomic E-state index is -2.94. The van der Waals surface area contributed by atoms with Gasteiger partial charge in [-0.3, -0.25) is 14.6 Å². The summed E-state index contributed by atoms with van der Waals surface area (Å²) in [5.74, 6) is -3.02. The third-order valence-electron chi connectivity index (χ3n) is 8.31. The number of benzene rings is 1. The summed E-state index contributed by atoms with van der Waals surface area (Å²) in [6, 6.07) is 5.80. The smallest absolute Gasteiger partial charge is 0.270 e. The van der Waals surface area contributed by atoms with E-state index in [4.69, 9.17) is 0 Å². The molecule has 4 rings (SSSR count). The van der Waals surface area contributed by atoms with Gasteiger partial charge in [0.1, 0.15) is 6.04 Å². The molecular formula is C30H40F2N4O2. The quantitative estimate of drug-likeness (QED) is 0.476. The Balaban J connectivity index is 1.62. The standard InChI is InChI=1S/C30H40F2N4O2/c1-19-24(12-8-13-25(19)30(3,31)32)22-16-23(18-34-17-22)26-14-9-15-36(26)29(38)27(21-10-6-5-7-11-21)35-28(37)20(2)33-4/h8,12-13,16-18,20-21,26-27,33H,5-7,9-11,14-15H2,1-4H3,(H,35,37). The number of carbonyl (C=O) groups is 2. The summed E-state index contributed by atoms with van der Waals surface area (Å²) >= 11 is 0. The first kappa shape index (κ1) is 28.1. The molecule has 1 aromatic carbocycles. The van der Waals surface area contributed by atoms with Crippen LogP contribution in [0.25, 0.3) is 11.1 Å². The van der Waals surface area contributed by atoms with Crippen molar-refractivity contribution in [1.82, 2.24) is 20.5 Å². The largest absolute Gasteiger partial charge is 0.343 e. The maximum Gasteiger partial charge on any atom is 0.270 e. The van der Waals surface area contributed by atoms with E-state index in [-0.39, 0.29) is 29.3 Å². The molecule has 1 saturated heterocycles. The molecule has 3 unspecified atom stereocenters. The van der Waals surface area contributed by atoms with Crippen LogP contribution < -0.4 is 10.6 Å². The number of nitrogens with one attached hydrogen (secondary N) is 2. The van der Waals surface area contributed by atoms with Gasteiger partial charge in [-0.1, -0.05) is 37.5 Å². The topological polar surface area (TPSA) is 74.3 Å². The molecule has 1 saturated carbocycles. The van der Waals surface area contributed by atoms with E-state index in [0.717, 1.165) is 63.0 Å². The van der Waals surface area contributed by atoms with Crippen LogP contribution in [-0.2, 0) is 15.5 Å².